The third kappa shape index (κ3) is 2.99. The predicted molar refractivity (Wildman–Crippen MR) is 90.8 cm³/mol. The molecule has 0 bridgehead atoms. The van der Waals surface area contributed by atoms with Gasteiger partial charge in [-0.1, -0.05) is 39.1 Å². The Morgan fingerprint density at radius 2 is 1.52 bits per heavy atom. The maximum absolute atomic E-state index is 11.3. The van der Waals surface area contributed by atoms with Crippen LogP contribution in [0.1, 0.15) is 16.5 Å². The van der Waals surface area contributed by atoms with Crippen LogP contribution in [0.15, 0.2) is 39.6 Å². The van der Waals surface area contributed by atoms with E-state index in [0.717, 1.165) is 15.6 Å². The molecule has 2 N–H and O–H groups in total. The topological polar surface area (TPSA) is 48.6 Å². The quantitative estimate of drug-likeness (QED) is 0.561. The molecule has 0 aliphatic rings. The maximum atomic E-state index is 11.3. The average Bonchev–Trinajstić information content (AvgIpc) is 2.75. The SMILES string of the molecule is O=c1[nH]c2cc(Br)c(C(Cl)c3cc(Cl)cc(Cl)c3)cc2[nH]1. The number of fused-ring (bicyclic) bond motifs is 1. The molecule has 1 aromatic heterocycles. The molecule has 2 aromatic carbocycles. The van der Waals surface area contributed by atoms with Crippen molar-refractivity contribution in [2.75, 3.05) is 0 Å². The first kappa shape index (κ1) is 15.0. The minimum atomic E-state index is -0.446. The molecular weight excluding hydrogens is 398 g/mol. The van der Waals surface area contributed by atoms with E-state index in [1.165, 1.54) is 0 Å². The minimum Gasteiger partial charge on any atom is -0.306 e. The van der Waals surface area contributed by atoms with Crippen molar-refractivity contribution >= 4 is 61.8 Å². The van der Waals surface area contributed by atoms with Crippen molar-refractivity contribution in [2.24, 2.45) is 0 Å². The number of hydrogen-bond donors (Lipinski definition) is 2. The lowest BCUT2D eigenvalue weighted by Crippen LogP contribution is -1.99. The van der Waals surface area contributed by atoms with Crippen LogP contribution in [-0.2, 0) is 0 Å². The summed E-state index contributed by atoms with van der Waals surface area (Å²) < 4.78 is 0.793. The third-order valence-corrected chi connectivity index (χ3v) is 4.69. The molecular formula is C14H8BrCl3N2O. The van der Waals surface area contributed by atoms with Gasteiger partial charge in [-0.15, -0.1) is 11.6 Å². The van der Waals surface area contributed by atoms with Crippen molar-refractivity contribution in [3.05, 3.63) is 66.5 Å². The molecule has 0 spiro atoms. The number of aromatic nitrogens is 2. The zero-order chi connectivity index (χ0) is 15.1. The highest BCUT2D eigenvalue weighted by molar-refractivity contribution is 9.10. The van der Waals surface area contributed by atoms with Crippen LogP contribution < -0.4 is 5.69 Å². The van der Waals surface area contributed by atoms with Gasteiger partial charge in [-0.05, 0) is 41.5 Å². The first-order valence-electron chi connectivity index (χ1n) is 5.95. The molecule has 1 atom stereocenters. The molecule has 0 aliphatic carbocycles. The monoisotopic (exact) mass is 404 g/mol. The number of aromatic amines is 2. The van der Waals surface area contributed by atoms with Crippen molar-refractivity contribution < 1.29 is 0 Å². The van der Waals surface area contributed by atoms with Crippen LogP contribution >= 0.6 is 50.7 Å². The van der Waals surface area contributed by atoms with Crippen LogP contribution in [0, 0.1) is 0 Å². The number of H-pyrrole nitrogens is 2. The van der Waals surface area contributed by atoms with E-state index in [4.69, 9.17) is 34.8 Å². The zero-order valence-corrected chi connectivity index (χ0v) is 14.2. The van der Waals surface area contributed by atoms with E-state index in [9.17, 15) is 4.79 Å². The number of nitrogens with one attached hydrogen (secondary N) is 2. The Balaban J connectivity index is 2.13. The molecule has 108 valence electrons. The Morgan fingerprint density at radius 1 is 0.952 bits per heavy atom. The van der Waals surface area contributed by atoms with Gasteiger partial charge in [0.15, 0.2) is 0 Å². The van der Waals surface area contributed by atoms with Crippen molar-refractivity contribution in [3.8, 4) is 0 Å². The molecule has 0 fully saturated rings. The van der Waals surface area contributed by atoms with Gasteiger partial charge in [0.2, 0.25) is 0 Å². The van der Waals surface area contributed by atoms with E-state index >= 15 is 0 Å². The summed E-state index contributed by atoms with van der Waals surface area (Å²) in [6, 6.07) is 8.81. The predicted octanol–water partition coefficient (Wildman–Crippen LogP) is 5.25. The van der Waals surface area contributed by atoms with Crippen molar-refractivity contribution in [2.45, 2.75) is 5.38 Å². The fourth-order valence-electron chi connectivity index (χ4n) is 2.17. The van der Waals surface area contributed by atoms with E-state index in [0.29, 0.717) is 21.1 Å². The van der Waals surface area contributed by atoms with Gasteiger partial charge in [0.1, 0.15) is 0 Å². The summed E-state index contributed by atoms with van der Waals surface area (Å²) in [4.78, 5) is 16.8. The number of benzene rings is 2. The van der Waals surface area contributed by atoms with Gasteiger partial charge in [-0.2, -0.15) is 0 Å². The van der Waals surface area contributed by atoms with E-state index in [2.05, 4.69) is 25.9 Å². The van der Waals surface area contributed by atoms with Crippen LogP contribution in [-0.4, -0.2) is 9.97 Å². The molecule has 0 amide bonds. The van der Waals surface area contributed by atoms with E-state index in [-0.39, 0.29) is 5.69 Å². The van der Waals surface area contributed by atoms with Crippen LogP contribution in [0.2, 0.25) is 10.0 Å². The largest absolute Gasteiger partial charge is 0.323 e. The lowest BCUT2D eigenvalue weighted by atomic mass is 10.0. The number of hydrogen-bond acceptors (Lipinski definition) is 1. The van der Waals surface area contributed by atoms with Crippen molar-refractivity contribution in [1.29, 1.82) is 0 Å². The fourth-order valence-corrected chi connectivity index (χ4v) is 3.72. The molecule has 1 heterocycles. The van der Waals surface area contributed by atoms with Crippen LogP contribution in [0.4, 0.5) is 0 Å². The highest BCUT2D eigenvalue weighted by Crippen LogP contribution is 2.37. The Hall–Kier alpha value is -0.940. The normalized spacial score (nSPS) is 12.8. The number of halogens is 4. The Kier molecular flexibility index (Phi) is 4.06. The molecule has 3 nitrogen and oxygen atoms in total. The summed E-state index contributed by atoms with van der Waals surface area (Å²) in [7, 11) is 0. The Bertz CT molecular complexity index is 867. The van der Waals surface area contributed by atoms with Crippen LogP contribution in [0.5, 0.6) is 0 Å². The fraction of sp³-hybridized carbons (Fsp3) is 0.0714. The Morgan fingerprint density at radius 3 is 2.14 bits per heavy atom. The lowest BCUT2D eigenvalue weighted by molar-refractivity contribution is 1.13. The van der Waals surface area contributed by atoms with Gasteiger partial charge < -0.3 is 9.97 Å². The van der Waals surface area contributed by atoms with Gasteiger partial charge in [0.05, 0.1) is 16.4 Å². The van der Waals surface area contributed by atoms with Gasteiger partial charge >= 0.3 is 5.69 Å². The van der Waals surface area contributed by atoms with Gasteiger partial charge in [0.25, 0.3) is 0 Å². The molecule has 0 saturated heterocycles. The second kappa shape index (κ2) is 5.69. The number of rotatable bonds is 2. The average molecular weight is 406 g/mol. The molecule has 3 rings (SSSR count). The Labute approximate surface area is 143 Å². The third-order valence-electron chi connectivity index (χ3n) is 3.08. The summed E-state index contributed by atoms with van der Waals surface area (Å²) in [5, 5.41) is 0.601. The number of alkyl halides is 1. The summed E-state index contributed by atoms with van der Waals surface area (Å²) in [5.41, 5.74) is 2.75. The molecule has 0 saturated carbocycles. The lowest BCUT2D eigenvalue weighted by Gasteiger charge is -2.13. The standard InChI is InChI=1S/C14H8BrCl3N2O/c15-10-5-12-11(19-14(21)20-12)4-9(10)13(18)6-1-7(16)3-8(17)2-6/h1-5,13H,(H2,19,20,21). The molecule has 21 heavy (non-hydrogen) atoms. The smallest absolute Gasteiger partial charge is 0.306 e. The highest BCUT2D eigenvalue weighted by atomic mass is 79.9. The second-order valence-electron chi connectivity index (χ2n) is 4.56. The maximum Gasteiger partial charge on any atom is 0.323 e. The van der Waals surface area contributed by atoms with Gasteiger partial charge in [-0.3, -0.25) is 0 Å². The minimum absolute atomic E-state index is 0.258. The number of imidazole rings is 1. The van der Waals surface area contributed by atoms with E-state index < -0.39 is 5.38 Å². The molecule has 1 unspecified atom stereocenters. The van der Waals surface area contributed by atoms with Crippen LogP contribution in [0.25, 0.3) is 11.0 Å². The molecule has 0 radical (unpaired) electrons. The van der Waals surface area contributed by atoms with Gasteiger partial charge in [-0.25, -0.2) is 4.79 Å². The zero-order valence-electron chi connectivity index (χ0n) is 10.4. The summed E-state index contributed by atoms with van der Waals surface area (Å²) >= 11 is 22.0. The molecule has 0 aliphatic heterocycles. The summed E-state index contributed by atoms with van der Waals surface area (Å²) in [6.07, 6.45) is 0. The van der Waals surface area contributed by atoms with E-state index in [1.54, 1.807) is 18.2 Å². The summed E-state index contributed by atoms with van der Waals surface area (Å²) in [5.74, 6) is 0. The van der Waals surface area contributed by atoms with Crippen molar-refractivity contribution in [1.82, 2.24) is 9.97 Å². The summed E-state index contributed by atoms with van der Waals surface area (Å²) in [6.45, 7) is 0. The van der Waals surface area contributed by atoms with Crippen molar-refractivity contribution in [3.63, 3.8) is 0 Å². The molecule has 7 heteroatoms. The highest BCUT2D eigenvalue weighted by Gasteiger charge is 2.17. The van der Waals surface area contributed by atoms with Crippen LogP contribution in [0.3, 0.4) is 0 Å². The van der Waals surface area contributed by atoms with Gasteiger partial charge in [0, 0.05) is 14.5 Å². The first-order valence-corrected chi connectivity index (χ1v) is 7.94. The first-order chi connectivity index (χ1) is 9.94. The second-order valence-corrected chi connectivity index (χ2v) is 6.73. The van der Waals surface area contributed by atoms with E-state index in [1.807, 2.05) is 12.1 Å². The molecule has 3 aromatic rings.